The summed E-state index contributed by atoms with van der Waals surface area (Å²) in [5.74, 6) is -0.337. The van der Waals surface area contributed by atoms with Crippen LogP contribution in [-0.2, 0) is 11.2 Å². The maximum atomic E-state index is 13.6. The first-order valence-electron chi connectivity index (χ1n) is 6.85. The van der Waals surface area contributed by atoms with Gasteiger partial charge >= 0.3 is 0 Å². The first-order chi connectivity index (χ1) is 9.16. The summed E-state index contributed by atoms with van der Waals surface area (Å²) in [4.78, 5) is 11.9. The van der Waals surface area contributed by atoms with Gasteiger partial charge in [0.05, 0.1) is 0 Å². The second kappa shape index (κ2) is 7.01. The Kier molecular flexibility index (Phi) is 5.34. The Morgan fingerprint density at radius 3 is 2.95 bits per heavy atom. The molecule has 0 aromatic heterocycles. The monoisotopic (exact) mass is 283 g/mol. The van der Waals surface area contributed by atoms with Gasteiger partial charge in [-0.25, -0.2) is 4.39 Å². The molecule has 1 aliphatic rings. The number of halogens is 2. The van der Waals surface area contributed by atoms with Crippen LogP contribution in [0.25, 0.3) is 0 Å². The van der Waals surface area contributed by atoms with Gasteiger partial charge in [-0.15, -0.1) is 0 Å². The van der Waals surface area contributed by atoms with E-state index in [1.807, 2.05) is 0 Å². The van der Waals surface area contributed by atoms with Crippen molar-refractivity contribution in [3.63, 3.8) is 0 Å². The predicted octanol–water partition coefficient (Wildman–Crippen LogP) is 3.51. The number of piperidine rings is 1. The normalized spacial score (nSPS) is 19.4. The number of hydrogen-bond donors (Lipinski definition) is 1. The predicted molar refractivity (Wildman–Crippen MR) is 75.0 cm³/mol. The fraction of sp³-hybridized carbons (Fsp3) is 0.533. The number of ketones is 1. The SMILES string of the molecule is O=C(CCC1CCCCN1)Cc1c(F)cccc1Cl. The Labute approximate surface area is 118 Å². The third-order valence-corrected chi connectivity index (χ3v) is 3.97. The van der Waals surface area contributed by atoms with Crippen LogP contribution in [-0.4, -0.2) is 18.4 Å². The second-order valence-corrected chi connectivity index (χ2v) is 5.51. The summed E-state index contributed by atoms with van der Waals surface area (Å²) in [6, 6.07) is 4.96. The molecule has 1 N–H and O–H groups in total. The summed E-state index contributed by atoms with van der Waals surface area (Å²) >= 11 is 5.92. The molecular formula is C15H19ClFNO. The Balaban J connectivity index is 1.83. The van der Waals surface area contributed by atoms with Crippen LogP contribution in [0.4, 0.5) is 4.39 Å². The summed E-state index contributed by atoms with van der Waals surface area (Å²) in [5.41, 5.74) is 0.325. The zero-order valence-electron chi connectivity index (χ0n) is 10.9. The van der Waals surface area contributed by atoms with E-state index in [2.05, 4.69) is 5.32 Å². The lowest BCUT2D eigenvalue weighted by atomic mass is 9.97. The molecule has 0 bridgehead atoms. The van der Waals surface area contributed by atoms with Gasteiger partial charge in [0, 0.05) is 29.5 Å². The highest BCUT2D eigenvalue weighted by Crippen LogP contribution is 2.21. The van der Waals surface area contributed by atoms with Crippen LogP contribution >= 0.6 is 11.6 Å². The van der Waals surface area contributed by atoms with Crippen LogP contribution < -0.4 is 5.32 Å². The Bertz CT molecular complexity index is 424. The van der Waals surface area contributed by atoms with Gasteiger partial charge in [-0.2, -0.15) is 0 Å². The molecule has 2 nitrogen and oxygen atoms in total. The van der Waals surface area contributed by atoms with E-state index in [9.17, 15) is 9.18 Å². The van der Waals surface area contributed by atoms with Gasteiger partial charge in [0.25, 0.3) is 0 Å². The molecule has 1 saturated heterocycles. The molecule has 2 rings (SSSR count). The van der Waals surface area contributed by atoms with Crippen LogP contribution in [0.5, 0.6) is 0 Å². The minimum atomic E-state index is -0.392. The molecule has 0 aliphatic carbocycles. The number of nitrogens with one attached hydrogen (secondary N) is 1. The van der Waals surface area contributed by atoms with Crippen LogP contribution in [0.3, 0.4) is 0 Å². The molecule has 1 aliphatic heterocycles. The molecule has 1 unspecified atom stereocenters. The summed E-state index contributed by atoms with van der Waals surface area (Å²) in [5, 5.41) is 3.75. The first-order valence-corrected chi connectivity index (χ1v) is 7.22. The van der Waals surface area contributed by atoms with Crippen molar-refractivity contribution in [2.24, 2.45) is 0 Å². The molecule has 1 fully saturated rings. The van der Waals surface area contributed by atoms with Crippen molar-refractivity contribution in [3.8, 4) is 0 Å². The molecule has 4 heteroatoms. The third-order valence-electron chi connectivity index (χ3n) is 3.62. The fourth-order valence-corrected chi connectivity index (χ4v) is 2.72. The van der Waals surface area contributed by atoms with Gasteiger partial charge in [0.2, 0.25) is 0 Å². The minimum Gasteiger partial charge on any atom is -0.314 e. The van der Waals surface area contributed by atoms with E-state index in [1.165, 1.54) is 18.9 Å². The van der Waals surface area contributed by atoms with Crippen molar-refractivity contribution < 1.29 is 9.18 Å². The molecular weight excluding hydrogens is 265 g/mol. The molecule has 0 radical (unpaired) electrons. The molecule has 1 aromatic carbocycles. The van der Waals surface area contributed by atoms with Crippen molar-refractivity contribution >= 4 is 17.4 Å². The van der Waals surface area contributed by atoms with Crippen LogP contribution in [0.1, 0.15) is 37.7 Å². The van der Waals surface area contributed by atoms with Gasteiger partial charge in [-0.05, 0) is 37.9 Å². The van der Waals surface area contributed by atoms with E-state index in [4.69, 9.17) is 11.6 Å². The zero-order valence-corrected chi connectivity index (χ0v) is 11.7. The average Bonchev–Trinajstić information content (AvgIpc) is 2.42. The Morgan fingerprint density at radius 1 is 1.42 bits per heavy atom. The van der Waals surface area contributed by atoms with E-state index in [0.29, 0.717) is 23.0 Å². The summed E-state index contributed by atoms with van der Waals surface area (Å²) in [6.07, 6.45) is 5.00. The van der Waals surface area contributed by atoms with E-state index in [-0.39, 0.29) is 12.2 Å². The molecule has 0 saturated carbocycles. The maximum absolute atomic E-state index is 13.6. The number of carbonyl (C=O) groups is 1. The van der Waals surface area contributed by atoms with Crippen LogP contribution in [0.15, 0.2) is 18.2 Å². The summed E-state index contributed by atoms with van der Waals surface area (Å²) in [7, 11) is 0. The van der Waals surface area contributed by atoms with Crippen molar-refractivity contribution in [3.05, 3.63) is 34.6 Å². The van der Waals surface area contributed by atoms with Crippen LogP contribution in [0.2, 0.25) is 5.02 Å². The van der Waals surface area contributed by atoms with Gasteiger partial charge in [0.15, 0.2) is 0 Å². The fourth-order valence-electron chi connectivity index (χ4n) is 2.49. The first kappa shape index (κ1) is 14.5. The average molecular weight is 284 g/mol. The highest BCUT2D eigenvalue weighted by molar-refractivity contribution is 6.31. The van der Waals surface area contributed by atoms with Crippen LogP contribution in [0, 0.1) is 5.82 Å². The summed E-state index contributed by atoms with van der Waals surface area (Å²) in [6.45, 7) is 1.04. The van der Waals surface area contributed by atoms with E-state index in [0.717, 1.165) is 19.4 Å². The molecule has 1 heterocycles. The van der Waals surface area contributed by atoms with Crippen molar-refractivity contribution in [2.45, 2.75) is 44.6 Å². The molecule has 0 amide bonds. The smallest absolute Gasteiger partial charge is 0.137 e. The maximum Gasteiger partial charge on any atom is 0.137 e. The van der Waals surface area contributed by atoms with Crippen molar-refractivity contribution in [1.82, 2.24) is 5.32 Å². The topological polar surface area (TPSA) is 29.1 Å². The van der Waals surface area contributed by atoms with E-state index in [1.54, 1.807) is 12.1 Å². The van der Waals surface area contributed by atoms with E-state index < -0.39 is 5.82 Å². The molecule has 104 valence electrons. The Hall–Kier alpha value is -0.930. The van der Waals surface area contributed by atoms with Crippen molar-refractivity contribution in [2.75, 3.05) is 6.54 Å². The lowest BCUT2D eigenvalue weighted by Gasteiger charge is -2.23. The number of rotatable bonds is 5. The molecule has 19 heavy (non-hydrogen) atoms. The summed E-state index contributed by atoms with van der Waals surface area (Å²) < 4.78 is 13.6. The lowest BCUT2D eigenvalue weighted by molar-refractivity contribution is -0.118. The lowest BCUT2D eigenvalue weighted by Crippen LogP contribution is -2.34. The standard InChI is InChI=1S/C15H19ClFNO/c16-14-5-3-6-15(17)13(14)10-12(19)8-7-11-4-1-2-9-18-11/h3,5-6,11,18H,1-2,4,7-10H2. The Morgan fingerprint density at radius 2 is 2.26 bits per heavy atom. The van der Waals surface area contributed by atoms with Gasteiger partial charge in [0.1, 0.15) is 11.6 Å². The van der Waals surface area contributed by atoms with E-state index >= 15 is 0 Å². The molecule has 1 atom stereocenters. The quantitative estimate of drug-likeness (QED) is 0.896. The van der Waals surface area contributed by atoms with Gasteiger partial charge in [-0.3, -0.25) is 4.79 Å². The molecule has 0 spiro atoms. The minimum absolute atomic E-state index is 0.0550. The number of carbonyl (C=O) groups excluding carboxylic acids is 1. The van der Waals surface area contributed by atoms with Gasteiger partial charge in [-0.1, -0.05) is 24.1 Å². The number of hydrogen-bond acceptors (Lipinski definition) is 2. The third kappa shape index (κ3) is 4.29. The van der Waals surface area contributed by atoms with Crippen molar-refractivity contribution in [1.29, 1.82) is 0 Å². The highest BCUT2D eigenvalue weighted by Gasteiger charge is 2.16. The van der Waals surface area contributed by atoms with Gasteiger partial charge < -0.3 is 5.32 Å². The number of benzene rings is 1. The second-order valence-electron chi connectivity index (χ2n) is 5.10. The molecule has 1 aromatic rings. The highest BCUT2D eigenvalue weighted by atomic mass is 35.5. The number of Topliss-reactive ketones (excluding diaryl/α,β-unsaturated/α-hetero) is 1. The zero-order chi connectivity index (χ0) is 13.7. The largest absolute Gasteiger partial charge is 0.314 e.